The van der Waals surface area contributed by atoms with Crippen molar-refractivity contribution in [2.75, 3.05) is 22.9 Å². The second-order valence-corrected chi connectivity index (χ2v) is 6.79. The van der Waals surface area contributed by atoms with Gasteiger partial charge >= 0.3 is 0 Å². The van der Waals surface area contributed by atoms with Crippen molar-refractivity contribution in [3.05, 3.63) is 97.4 Å². The van der Waals surface area contributed by atoms with Crippen LogP contribution in [0.2, 0.25) is 0 Å². The van der Waals surface area contributed by atoms with Crippen LogP contribution in [0, 0.1) is 0 Å². The number of anilines is 2. The molecule has 0 aromatic heterocycles. The maximum absolute atomic E-state index is 4.09. The van der Waals surface area contributed by atoms with Crippen molar-refractivity contribution >= 4 is 11.4 Å². The van der Waals surface area contributed by atoms with Crippen LogP contribution < -0.4 is 9.80 Å². The van der Waals surface area contributed by atoms with Crippen LogP contribution in [0.4, 0.5) is 11.4 Å². The van der Waals surface area contributed by atoms with Crippen LogP contribution in [0.3, 0.4) is 0 Å². The van der Waals surface area contributed by atoms with Gasteiger partial charge in [0.15, 0.2) is 0 Å². The van der Waals surface area contributed by atoms with Crippen LogP contribution in [0.15, 0.2) is 97.4 Å². The molecular formula is C24H28N2. The highest BCUT2D eigenvalue weighted by molar-refractivity contribution is 5.80. The summed E-state index contributed by atoms with van der Waals surface area (Å²) in [5.74, 6) is 0. The Bertz CT molecular complexity index is 794. The van der Waals surface area contributed by atoms with Crippen LogP contribution in [0.25, 0.3) is 0 Å². The van der Waals surface area contributed by atoms with E-state index in [1.54, 1.807) is 0 Å². The number of hydrogen-bond donors (Lipinski definition) is 0. The number of allylic oxidation sites excluding steroid dienone is 5. The zero-order valence-electron chi connectivity index (χ0n) is 15.6. The molecule has 2 nitrogen and oxygen atoms in total. The third kappa shape index (κ3) is 3.60. The lowest BCUT2D eigenvalue weighted by Gasteiger charge is -2.42. The van der Waals surface area contributed by atoms with Gasteiger partial charge < -0.3 is 9.80 Å². The predicted octanol–water partition coefficient (Wildman–Crippen LogP) is 6.14. The highest BCUT2D eigenvalue weighted by Crippen LogP contribution is 2.43. The van der Waals surface area contributed by atoms with E-state index in [9.17, 15) is 0 Å². The van der Waals surface area contributed by atoms with Gasteiger partial charge in [-0.15, -0.1) is 0 Å². The summed E-state index contributed by atoms with van der Waals surface area (Å²) < 4.78 is 0. The summed E-state index contributed by atoms with van der Waals surface area (Å²) >= 11 is 0. The van der Waals surface area contributed by atoms with E-state index in [0.717, 1.165) is 49.9 Å². The SMILES string of the molecule is C=CC(=C)CCN1C2=C(CCC=C2)N(CCC(=C)C=C)c2ccccc21. The molecule has 0 fully saturated rings. The van der Waals surface area contributed by atoms with Gasteiger partial charge in [0.25, 0.3) is 0 Å². The first-order chi connectivity index (χ1) is 12.7. The summed E-state index contributed by atoms with van der Waals surface area (Å²) in [4.78, 5) is 4.91. The summed E-state index contributed by atoms with van der Waals surface area (Å²) in [6.45, 7) is 17.7. The third-order valence-electron chi connectivity index (χ3n) is 5.09. The van der Waals surface area contributed by atoms with Gasteiger partial charge in [0.1, 0.15) is 0 Å². The van der Waals surface area contributed by atoms with E-state index in [4.69, 9.17) is 0 Å². The lowest BCUT2D eigenvalue weighted by molar-refractivity contribution is 0.752. The molecule has 134 valence electrons. The second kappa shape index (κ2) is 8.09. The number of nitrogens with zero attached hydrogens (tertiary/aromatic N) is 2. The largest absolute Gasteiger partial charge is 0.341 e. The van der Waals surface area contributed by atoms with E-state index in [1.807, 2.05) is 12.2 Å². The average Bonchev–Trinajstić information content (AvgIpc) is 2.69. The first-order valence-electron chi connectivity index (χ1n) is 9.30. The number of benzene rings is 1. The monoisotopic (exact) mass is 344 g/mol. The number of hydrogen-bond acceptors (Lipinski definition) is 2. The molecule has 3 rings (SSSR count). The van der Waals surface area contributed by atoms with Gasteiger partial charge in [-0.25, -0.2) is 0 Å². The fourth-order valence-electron chi connectivity index (χ4n) is 3.57. The van der Waals surface area contributed by atoms with Gasteiger partial charge in [0, 0.05) is 18.8 Å². The minimum atomic E-state index is 0.912. The maximum atomic E-state index is 4.09. The Hall–Kier alpha value is -2.74. The van der Waals surface area contributed by atoms with Gasteiger partial charge in [-0.1, -0.05) is 67.8 Å². The zero-order chi connectivity index (χ0) is 18.5. The van der Waals surface area contributed by atoms with Crippen LogP contribution in [-0.2, 0) is 0 Å². The molecule has 2 heteroatoms. The van der Waals surface area contributed by atoms with E-state index in [2.05, 4.69) is 72.5 Å². The van der Waals surface area contributed by atoms with Crippen molar-refractivity contribution in [3.63, 3.8) is 0 Å². The lowest BCUT2D eigenvalue weighted by atomic mass is 9.99. The molecule has 0 atom stereocenters. The van der Waals surface area contributed by atoms with E-state index in [1.165, 1.54) is 22.8 Å². The Labute approximate surface area is 157 Å². The van der Waals surface area contributed by atoms with Crippen molar-refractivity contribution in [1.82, 2.24) is 0 Å². The average molecular weight is 345 g/mol. The Kier molecular flexibility index (Phi) is 5.62. The van der Waals surface area contributed by atoms with Crippen LogP contribution >= 0.6 is 0 Å². The van der Waals surface area contributed by atoms with Gasteiger partial charge in [0.2, 0.25) is 0 Å². The minimum Gasteiger partial charge on any atom is -0.341 e. The van der Waals surface area contributed by atoms with E-state index < -0.39 is 0 Å². The fourth-order valence-corrected chi connectivity index (χ4v) is 3.57. The first-order valence-corrected chi connectivity index (χ1v) is 9.30. The molecule has 0 amide bonds. The quantitative estimate of drug-likeness (QED) is 0.523. The molecule has 0 bridgehead atoms. The van der Waals surface area contributed by atoms with Gasteiger partial charge in [-0.2, -0.15) is 0 Å². The Morgan fingerprint density at radius 2 is 1.50 bits per heavy atom. The fraction of sp³-hybridized carbons (Fsp3) is 0.250. The molecule has 1 aromatic carbocycles. The van der Waals surface area contributed by atoms with Crippen molar-refractivity contribution in [2.45, 2.75) is 25.7 Å². The number of fused-ring (bicyclic) bond motifs is 1. The standard InChI is InChI=1S/C24H28N2/c1-5-19(3)15-17-25-21-11-7-9-13-23(21)26(18-16-20(4)6-2)24-14-10-8-12-22(24)25/h5-9,11-13H,1-4,10,14-18H2. The van der Waals surface area contributed by atoms with E-state index in [0.29, 0.717) is 0 Å². The third-order valence-corrected chi connectivity index (χ3v) is 5.09. The van der Waals surface area contributed by atoms with Crippen molar-refractivity contribution in [3.8, 4) is 0 Å². The second-order valence-electron chi connectivity index (χ2n) is 6.79. The topological polar surface area (TPSA) is 6.48 Å². The lowest BCUT2D eigenvalue weighted by Crippen LogP contribution is -2.38. The van der Waals surface area contributed by atoms with Gasteiger partial charge in [0.05, 0.1) is 17.1 Å². The first kappa shape index (κ1) is 18.1. The van der Waals surface area contributed by atoms with E-state index in [-0.39, 0.29) is 0 Å². The molecule has 0 radical (unpaired) electrons. The van der Waals surface area contributed by atoms with Crippen molar-refractivity contribution < 1.29 is 0 Å². The molecule has 1 heterocycles. The smallest absolute Gasteiger partial charge is 0.0652 e. The predicted molar refractivity (Wildman–Crippen MR) is 114 cm³/mol. The Morgan fingerprint density at radius 1 is 0.923 bits per heavy atom. The number of rotatable bonds is 8. The molecule has 2 aliphatic rings. The van der Waals surface area contributed by atoms with Crippen LogP contribution in [0.1, 0.15) is 25.7 Å². The molecule has 1 aromatic rings. The van der Waals surface area contributed by atoms with Gasteiger partial charge in [-0.05, 0) is 43.9 Å². The van der Waals surface area contributed by atoms with Crippen molar-refractivity contribution in [2.24, 2.45) is 0 Å². The summed E-state index contributed by atoms with van der Waals surface area (Å²) in [6, 6.07) is 8.68. The van der Waals surface area contributed by atoms with Crippen LogP contribution in [0.5, 0.6) is 0 Å². The highest BCUT2D eigenvalue weighted by Gasteiger charge is 2.29. The molecule has 0 saturated carbocycles. The summed E-state index contributed by atoms with van der Waals surface area (Å²) in [5, 5.41) is 0. The molecule has 1 aliphatic heterocycles. The maximum Gasteiger partial charge on any atom is 0.0652 e. The highest BCUT2D eigenvalue weighted by atomic mass is 15.3. The summed E-state index contributed by atoms with van der Waals surface area (Å²) in [6.07, 6.45) is 12.3. The molecule has 0 saturated heterocycles. The summed E-state index contributed by atoms with van der Waals surface area (Å²) in [5.41, 5.74) is 7.43. The number of para-hydroxylation sites is 2. The molecular weight excluding hydrogens is 316 g/mol. The van der Waals surface area contributed by atoms with Crippen LogP contribution in [-0.4, -0.2) is 13.1 Å². The Morgan fingerprint density at radius 3 is 2.12 bits per heavy atom. The minimum absolute atomic E-state index is 0.912. The van der Waals surface area contributed by atoms with Gasteiger partial charge in [-0.3, -0.25) is 0 Å². The van der Waals surface area contributed by atoms with E-state index >= 15 is 0 Å². The molecule has 1 aliphatic carbocycles. The molecule has 26 heavy (non-hydrogen) atoms. The zero-order valence-corrected chi connectivity index (χ0v) is 15.6. The molecule has 0 spiro atoms. The molecule has 0 unspecified atom stereocenters. The Balaban J connectivity index is 1.98. The molecule has 0 N–H and O–H groups in total. The van der Waals surface area contributed by atoms with Crippen molar-refractivity contribution in [1.29, 1.82) is 0 Å². The normalized spacial score (nSPS) is 15.4. The summed E-state index contributed by atoms with van der Waals surface area (Å²) in [7, 11) is 0.